The molecular formula is C2HF4I. The van der Waals surface area contributed by atoms with Gasteiger partial charge in [-0.2, -0.15) is 13.2 Å². The van der Waals surface area contributed by atoms with Crippen LogP contribution in [0.15, 0.2) is 0 Å². The molecule has 0 bridgehead atoms. The molecule has 0 spiro atoms. The molecule has 1 atom stereocenters. The SMILES string of the molecule is F[C@H](I)C(F)(F)F. The van der Waals surface area contributed by atoms with Crippen LogP contribution in [0.1, 0.15) is 0 Å². The molecule has 5 heteroatoms. The van der Waals surface area contributed by atoms with Crippen molar-refractivity contribution in [2.75, 3.05) is 0 Å². The summed E-state index contributed by atoms with van der Waals surface area (Å²) in [6.07, 6.45) is -4.68. The topological polar surface area (TPSA) is 0 Å². The summed E-state index contributed by atoms with van der Waals surface area (Å²) >= 11 is 0.658. The molecule has 0 heterocycles. The normalized spacial score (nSPS) is 16.7. The van der Waals surface area contributed by atoms with Crippen molar-refractivity contribution in [2.45, 2.75) is 10.4 Å². The van der Waals surface area contributed by atoms with E-state index in [4.69, 9.17) is 0 Å². The quantitative estimate of drug-likeness (QED) is 0.339. The maximum absolute atomic E-state index is 11.1. The van der Waals surface area contributed by atoms with Gasteiger partial charge in [-0.25, -0.2) is 4.39 Å². The molecule has 0 aliphatic rings. The fraction of sp³-hybridized carbons (Fsp3) is 1.00. The lowest BCUT2D eigenvalue weighted by atomic mass is 10.8. The lowest BCUT2D eigenvalue weighted by molar-refractivity contribution is -0.148. The van der Waals surface area contributed by atoms with Crippen molar-refractivity contribution in [3.63, 3.8) is 0 Å². The molecule has 0 rings (SSSR count). The third kappa shape index (κ3) is 3.07. The fourth-order valence-corrected chi connectivity index (χ4v) is 0. The molecule has 0 aromatic heterocycles. The van der Waals surface area contributed by atoms with Gasteiger partial charge >= 0.3 is 6.18 Å². The van der Waals surface area contributed by atoms with E-state index in [9.17, 15) is 17.6 Å². The van der Waals surface area contributed by atoms with Crippen LogP contribution >= 0.6 is 22.6 Å². The van der Waals surface area contributed by atoms with E-state index in [1.807, 2.05) is 0 Å². The molecule has 0 nitrogen and oxygen atoms in total. The summed E-state index contributed by atoms with van der Waals surface area (Å²) in [6, 6.07) is 0. The summed E-state index contributed by atoms with van der Waals surface area (Å²) in [4.78, 5) is 0. The average Bonchev–Trinajstić information content (AvgIpc) is 1.31. The van der Waals surface area contributed by atoms with E-state index in [0.717, 1.165) is 0 Å². The Bertz CT molecular complexity index is 55.2. The van der Waals surface area contributed by atoms with E-state index in [2.05, 4.69) is 0 Å². The number of hydrogen-bond acceptors (Lipinski definition) is 0. The molecule has 0 amide bonds. The Morgan fingerprint density at radius 2 is 1.43 bits per heavy atom. The third-order valence-corrected chi connectivity index (χ3v) is 0.954. The second kappa shape index (κ2) is 2.15. The Morgan fingerprint density at radius 1 is 1.29 bits per heavy atom. The highest BCUT2D eigenvalue weighted by atomic mass is 127. The van der Waals surface area contributed by atoms with Crippen LogP contribution in [0.25, 0.3) is 0 Å². The van der Waals surface area contributed by atoms with Crippen molar-refractivity contribution in [1.82, 2.24) is 0 Å². The van der Waals surface area contributed by atoms with Gasteiger partial charge in [-0.1, -0.05) is 0 Å². The van der Waals surface area contributed by atoms with E-state index >= 15 is 0 Å². The van der Waals surface area contributed by atoms with Crippen molar-refractivity contribution in [3.8, 4) is 0 Å². The minimum atomic E-state index is -4.68. The second-order valence-corrected chi connectivity index (χ2v) is 1.94. The predicted octanol–water partition coefficient (Wildman–Crippen LogP) is 2.28. The van der Waals surface area contributed by atoms with E-state index in [0.29, 0.717) is 22.6 Å². The summed E-state index contributed by atoms with van der Waals surface area (Å²) in [6.45, 7) is 0. The molecule has 44 valence electrons. The zero-order chi connectivity index (χ0) is 6.08. The van der Waals surface area contributed by atoms with Crippen molar-refractivity contribution >= 4 is 22.6 Å². The molecular weight excluding hydrogens is 227 g/mol. The zero-order valence-electron chi connectivity index (χ0n) is 2.97. The molecule has 0 aliphatic carbocycles. The Kier molecular flexibility index (Phi) is 2.28. The molecule has 0 fully saturated rings. The smallest absolute Gasteiger partial charge is 0.226 e. The molecule has 7 heavy (non-hydrogen) atoms. The lowest BCUT2D eigenvalue weighted by Crippen LogP contribution is -2.17. The lowest BCUT2D eigenvalue weighted by Gasteiger charge is -2.02. The van der Waals surface area contributed by atoms with E-state index in [1.165, 1.54) is 0 Å². The second-order valence-electron chi connectivity index (χ2n) is 0.842. The molecule has 0 saturated heterocycles. The predicted molar refractivity (Wildman–Crippen MR) is 25.0 cm³/mol. The van der Waals surface area contributed by atoms with Crippen molar-refractivity contribution < 1.29 is 17.6 Å². The highest BCUT2D eigenvalue weighted by Crippen LogP contribution is 2.26. The fourth-order valence-electron chi connectivity index (χ4n) is 0. The highest BCUT2D eigenvalue weighted by Gasteiger charge is 2.37. The Labute approximate surface area is 51.0 Å². The summed E-state index contributed by atoms with van der Waals surface area (Å²) in [5.41, 5.74) is 0. The Balaban J connectivity index is 3.54. The molecule has 0 aliphatic heterocycles. The van der Waals surface area contributed by atoms with E-state index < -0.39 is 10.4 Å². The summed E-state index contributed by atoms with van der Waals surface area (Å²) in [5, 5.41) is 0. The molecule has 0 radical (unpaired) electrons. The van der Waals surface area contributed by atoms with Gasteiger partial charge in [0.2, 0.25) is 4.18 Å². The van der Waals surface area contributed by atoms with Crippen LogP contribution in [0.5, 0.6) is 0 Å². The van der Waals surface area contributed by atoms with Crippen LogP contribution in [-0.4, -0.2) is 10.4 Å². The first-order chi connectivity index (χ1) is 2.94. The van der Waals surface area contributed by atoms with Crippen LogP contribution in [0.2, 0.25) is 0 Å². The van der Waals surface area contributed by atoms with Gasteiger partial charge in [-0.05, 0) is 22.6 Å². The van der Waals surface area contributed by atoms with Crippen LogP contribution in [0.4, 0.5) is 17.6 Å². The van der Waals surface area contributed by atoms with E-state index in [-0.39, 0.29) is 0 Å². The van der Waals surface area contributed by atoms with Gasteiger partial charge in [0.05, 0.1) is 0 Å². The average molecular weight is 228 g/mol. The first-order valence-electron chi connectivity index (χ1n) is 1.29. The minimum Gasteiger partial charge on any atom is -0.226 e. The third-order valence-electron chi connectivity index (χ3n) is 0.247. The first-order valence-corrected chi connectivity index (χ1v) is 2.54. The number of hydrogen-bond donors (Lipinski definition) is 0. The van der Waals surface area contributed by atoms with Gasteiger partial charge < -0.3 is 0 Å². The van der Waals surface area contributed by atoms with Crippen LogP contribution in [0, 0.1) is 0 Å². The monoisotopic (exact) mass is 228 g/mol. The largest absolute Gasteiger partial charge is 0.428 e. The van der Waals surface area contributed by atoms with Crippen LogP contribution in [0.3, 0.4) is 0 Å². The number of alkyl halides is 5. The standard InChI is InChI=1S/C2HF4I/c3-1(7)2(4,5)6/h1H/t1-/m1/s1. The van der Waals surface area contributed by atoms with Gasteiger partial charge in [0.15, 0.2) is 0 Å². The van der Waals surface area contributed by atoms with Gasteiger partial charge in [0.25, 0.3) is 0 Å². The van der Waals surface area contributed by atoms with Crippen LogP contribution in [-0.2, 0) is 0 Å². The highest BCUT2D eigenvalue weighted by molar-refractivity contribution is 14.1. The molecule has 0 saturated carbocycles. The minimum absolute atomic E-state index is 0.658. The Morgan fingerprint density at radius 3 is 1.43 bits per heavy atom. The summed E-state index contributed by atoms with van der Waals surface area (Å²) in [5.74, 6) is 0. The van der Waals surface area contributed by atoms with Crippen LogP contribution < -0.4 is 0 Å². The molecule has 0 N–H and O–H groups in total. The summed E-state index contributed by atoms with van der Waals surface area (Å²) < 4.78 is 40.7. The first kappa shape index (κ1) is 7.45. The molecule has 0 unspecified atom stereocenters. The van der Waals surface area contributed by atoms with Gasteiger partial charge in [-0.3, -0.25) is 0 Å². The van der Waals surface area contributed by atoms with Crippen molar-refractivity contribution in [2.24, 2.45) is 0 Å². The number of halogens is 5. The molecule has 0 aromatic rings. The molecule has 0 aromatic carbocycles. The Hall–Kier alpha value is 0.450. The number of rotatable bonds is 0. The zero-order valence-corrected chi connectivity index (χ0v) is 5.12. The van der Waals surface area contributed by atoms with Crippen molar-refractivity contribution in [3.05, 3.63) is 0 Å². The maximum atomic E-state index is 11.1. The summed E-state index contributed by atoms with van der Waals surface area (Å²) in [7, 11) is 0. The van der Waals surface area contributed by atoms with E-state index in [1.54, 1.807) is 0 Å². The van der Waals surface area contributed by atoms with Gasteiger partial charge in [0.1, 0.15) is 0 Å². The maximum Gasteiger partial charge on any atom is 0.428 e. The van der Waals surface area contributed by atoms with Gasteiger partial charge in [-0.15, -0.1) is 0 Å². The van der Waals surface area contributed by atoms with Gasteiger partial charge in [0, 0.05) is 0 Å². The van der Waals surface area contributed by atoms with Crippen molar-refractivity contribution in [1.29, 1.82) is 0 Å².